The van der Waals surface area contributed by atoms with E-state index in [-0.39, 0.29) is 17.5 Å². The fraction of sp³-hybridized carbons (Fsp3) is 0.235. The van der Waals surface area contributed by atoms with Crippen LogP contribution in [0.2, 0.25) is 5.02 Å². The summed E-state index contributed by atoms with van der Waals surface area (Å²) in [6.45, 7) is 1.79. The average Bonchev–Trinajstić information content (AvgIpc) is 2.52. The largest absolute Gasteiger partial charge is 0.394 e. The molecule has 2 aromatic carbocycles. The molecule has 2 aromatic rings. The zero-order valence-electron chi connectivity index (χ0n) is 12.6. The molecule has 0 fully saturated rings. The van der Waals surface area contributed by atoms with Crippen LogP contribution in [0, 0.1) is 5.82 Å². The van der Waals surface area contributed by atoms with E-state index < -0.39 is 11.9 Å². The normalized spacial score (nSPS) is 12.0. The molecule has 0 saturated carbocycles. The van der Waals surface area contributed by atoms with E-state index in [1.165, 1.54) is 19.1 Å². The number of carbonyl (C=O) groups excluding carboxylic acids is 1. The minimum atomic E-state index is -0.510. The number of hydrogen-bond donors (Lipinski definition) is 3. The zero-order chi connectivity index (χ0) is 16.8. The van der Waals surface area contributed by atoms with Gasteiger partial charge in [0.15, 0.2) is 0 Å². The van der Waals surface area contributed by atoms with E-state index in [1.807, 2.05) is 12.1 Å². The minimum Gasteiger partial charge on any atom is -0.394 e. The quantitative estimate of drug-likeness (QED) is 0.758. The SMILES string of the molecule is CC(=O)Nc1ccc(CNC(CO)c2ccc(Cl)c(F)c2)cc1. The Labute approximate surface area is 139 Å². The Morgan fingerprint density at radius 1 is 1.26 bits per heavy atom. The van der Waals surface area contributed by atoms with Gasteiger partial charge in [-0.2, -0.15) is 0 Å². The van der Waals surface area contributed by atoms with Gasteiger partial charge in [-0.3, -0.25) is 4.79 Å². The third-order valence-electron chi connectivity index (χ3n) is 3.36. The second kappa shape index (κ2) is 8.06. The van der Waals surface area contributed by atoms with Crippen LogP contribution < -0.4 is 10.6 Å². The highest BCUT2D eigenvalue weighted by Gasteiger charge is 2.12. The number of rotatable bonds is 6. The molecule has 4 nitrogen and oxygen atoms in total. The van der Waals surface area contributed by atoms with Gasteiger partial charge in [-0.15, -0.1) is 0 Å². The van der Waals surface area contributed by atoms with Crippen molar-refractivity contribution in [3.63, 3.8) is 0 Å². The second-order valence-electron chi connectivity index (χ2n) is 5.17. The second-order valence-corrected chi connectivity index (χ2v) is 5.57. The van der Waals surface area contributed by atoms with Crippen LogP contribution in [0.4, 0.5) is 10.1 Å². The van der Waals surface area contributed by atoms with Crippen LogP contribution in [0.15, 0.2) is 42.5 Å². The van der Waals surface area contributed by atoms with Crippen LogP contribution >= 0.6 is 11.6 Å². The molecule has 2 rings (SSSR count). The van der Waals surface area contributed by atoms with Crippen LogP contribution in [-0.4, -0.2) is 17.6 Å². The molecule has 1 atom stereocenters. The molecular weight excluding hydrogens is 319 g/mol. The van der Waals surface area contributed by atoms with Crippen LogP contribution in [0.1, 0.15) is 24.1 Å². The number of nitrogens with one attached hydrogen (secondary N) is 2. The van der Waals surface area contributed by atoms with E-state index in [9.17, 15) is 14.3 Å². The molecule has 23 heavy (non-hydrogen) atoms. The van der Waals surface area contributed by atoms with Gasteiger partial charge < -0.3 is 15.7 Å². The Balaban J connectivity index is 1.99. The fourth-order valence-electron chi connectivity index (χ4n) is 2.17. The van der Waals surface area contributed by atoms with Crippen LogP contribution in [0.25, 0.3) is 0 Å². The lowest BCUT2D eigenvalue weighted by atomic mass is 10.1. The van der Waals surface area contributed by atoms with Gasteiger partial charge in [0, 0.05) is 19.2 Å². The average molecular weight is 337 g/mol. The third-order valence-corrected chi connectivity index (χ3v) is 3.66. The fourth-order valence-corrected chi connectivity index (χ4v) is 2.28. The van der Waals surface area contributed by atoms with E-state index in [4.69, 9.17) is 11.6 Å². The summed E-state index contributed by atoms with van der Waals surface area (Å²) >= 11 is 5.66. The first kappa shape index (κ1) is 17.4. The van der Waals surface area contributed by atoms with Crippen molar-refractivity contribution in [2.24, 2.45) is 0 Å². The van der Waals surface area contributed by atoms with Gasteiger partial charge in [0.2, 0.25) is 5.91 Å². The number of benzene rings is 2. The first-order valence-electron chi connectivity index (χ1n) is 7.15. The molecule has 0 spiro atoms. The predicted molar refractivity (Wildman–Crippen MR) is 88.8 cm³/mol. The maximum atomic E-state index is 13.5. The van der Waals surface area contributed by atoms with Crippen molar-refractivity contribution in [2.75, 3.05) is 11.9 Å². The molecule has 122 valence electrons. The molecule has 1 amide bonds. The van der Waals surface area contributed by atoms with Crippen molar-refractivity contribution in [1.29, 1.82) is 0 Å². The van der Waals surface area contributed by atoms with Crippen molar-refractivity contribution < 1.29 is 14.3 Å². The number of aliphatic hydroxyl groups excluding tert-OH is 1. The van der Waals surface area contributed by atoms with Crippen LogP contribution in [0.5, 0.6) is 0 Å². The molecule has 0 heterocycles. The van der Waals surface area contributed by atoms with Crippen LogP contribution in [-0.2, 0) is 11.3 Å². The van der Waals surface area contributed by atoms with Gasteiger partial charge in [-0.25, -0.2) is 4.39 Å². The summed E-state index contributed by atoms with van der Waals surface area (Å²) in [6.07, 6.45) is 0. The van der Waals surface area contributed by atoms with E-state index in [1.54, 1.807) is 18.2 Å². The molecule has 0 bridgehead atoms. The Morgan fingerprint density at radius 3 is 2.52 bits per heavy atom. The summed E-state index contributed by atoms with van der Waals surface area (Å²) in [6, 6.07) is 11.4. The van der Waals surface area contributed by atoms with Crippen molar-refractivity contribution in [3.05, 3.63) is 64.4 Å². The maximum absolute atomic E-state index is 13.5. The first-order chi connectivity index (χ1) is 11.0. The molecule has 6 heteroatoms. The Morgan fingerprint density at radius 2 is 1.96 bits per heavy atom. The van der Waals surface area contributed by atoms with Gasteiger partial charge in [-0.1, -0.05) is 29.8 Å². The Bertz CT molecular complexity index is 677. The third kappa shape index (κ3) is 5.03. The Hall–Kier alpha value is -1.95. The number of amides is 1. The molecule has 0 aliphatic carbocycles. The van der Waals surface area contributed by atoms with Gasteiger partial charge in [0.1, 0.15) is 5.82 Å². The van der Waals surface area contributed by atoms with Crippen molar-refractivity contribution in [2.45, 2.75) is 19.5 Å². The molecule has 0 radical (unpaired) electrons. The summed E-state index contributed by atoms with van der Waals surface area (Å²) in [5, 5.41) is 15.4. The maximum Gasteiger partial charge on any atom is 0.221 e. The first-order valence-corrected chi connectivity index (χ1v) is 7.53. The highest BCUT2D eigenvalue weighted by atomic mass is 35.5. The molecule has 0 saturated heterocycles. The minimum absolute atomic E-state index is 0.0546. The monoisotopic (exact) mass is 336 g/mol. The highest BCUT2D eigenvalue weighted by molar-refractivity contribution is 6.30. The van der Waals surface area contributed by atoms with Crippen molar-refractivity contribution in [3.8, 4) is 0 Å². The molecular formula is C17H18ClFN2O2. The molecule has 0 aliphatic heterocycles. The number of carbonyl (C=O) groups is 1. The summed E-state index contributed by atoms with van der Waals surface area (Å²) in [4.78, 5) is 11.0. The van der Waals surface area contributed by atoms with Gasteiger partial charge in [-0.05, 0) is 35.4 Å². The number of halogens is 2. The predicted octanol–water partition coefficient (Wildman–Crippen LogP) is 3.26. The number of anilines is 1. The zero-order valence-corrected chi connectivity index (χ0v) is 13.4. The smallest absolute Gasteiger partial charge is 0.221 e. The summed E-state index contributed by atoms with van der Waals surface area (Å²) in [7, 11) is 0. The van der Waals surface area contributed by atoms with E-state index >= 15 is 0 Å². The van der Waals surface area contributed by atoms with E-state index in [0.29, 0.717) is 12.1 Å². The topological polar surface area (TPSA) is 61.4 Å². The summed E-state index contributed by atoms with van der Waals surface area (Å²) in [5.41, 5.74) is 2.33. The molecule has 0 aliphatic rings. The van der Waals surface area contributed by atoms with Gasteiger partial charge in [0.05, 0.1) is 17.7 Å². The molecule has 1 unspecified atom stereocenters. The van der Waals surface area contributed by atoms with E-state index in [0.717, 1.165) is 11.3 Å². The standard InChI is InChI=1S/C17H18ClFN2O2/c1-11(23)21-14-5-2-12(3-6-14)9-20-17(10-22)13-4-7-15(18)16(19)8-13/h2-8,17,20,22H,9-10H2,1H3,(H,21,23). The van der Waals surface area contributed by atoms with Crippen LogP contribution in [0.3, 0.4) is 0 Å². The number of aliphatic hydroxyl groups is 1. The highest BCUT2D eigenvalue weighted by Crippen LogP contribution is 2.20. The molecule has 3 N–H and O–H groups in total. The van der Waals surface area contributed by atoms with Gasteiger partial charge >= 0.3 is 0 Å². The Kier molecular flexibility index (Phi) is 6.10. The molecule has 0 aromatic heterocycles. The number of hydrogen-bond acceptors (Lipinski definition) is 3. The summed E-state index contributed by atoms with van der Waals surface area (Å²) in [5.74, 6) is -0.634. The lowest BCUT2D eigenvalue weighted by Gasteiger charge is -2.17. The van der Waals surface area contributed by atoms with Crippen molar-refractivity contribution in [1.82, 2.24) is 5.32 Å². The van der Waals surface area contributed by atoms with E-state index in [2.05, 4.69) is 10.6 Å². The lowest BCUT2D eigenvalue weighted by Crippen LogP contribution is -2.24. The van der Waals surface area contributed by atoms with Gasteiger partial charge in [0.25, 0.3) is 0 Å². The lowest BCUT2D eigenvalue weighted by molar-refractivity contribution is -0.114. The van der Waals surface area contributed by atoms with Crippen molar-refractivity contribution >= 4 is 23.2 Å². The summed E-state index contributed by atoms with van der Waals surface area (Å²) < 4.78 is 13.5.